The van der Waals surface area contributed by atoms with E-state index in [1.807, 2.05) is 0 Å². The van der Waals surface area contributed by atoms with E-state index in [1.165, 1.54) is 0 Å². The Balaban J connectivity index is 2.19. The summed E-state index contributed by atoms with van der Waals surface area (Å²) in [6, 6.07) is 10.4. The van der Waals surface area contributed by atoms with Gasteiger partial charge >= 0.3 is 0 Å². The van der Waals surface area contributed by atoms with Gasteiger partial charge in [0.25, 0.3) is 0 Å². The molecule has 0 aliphatic rings. The van der Waals surface area contributed by atoms with Gasteiger partial charge in [0.2, 0.25) is 5.89 Å². The number of hydrogen-bond acceptors (Lipinski definition) is 2. The van der Waals surface area contributed by atoms with E-state index < -0.39 is 0 Å². The van der Waals surface area contributed by atoms with Crippen LogP contribution in [-0.4, -0.2) is 4.98 Å². The molecule has 90 valence electrons. The molecule has 0 spiro atoms. The monoisotopic (exact) mass is 297 g/mol. The lowest BCUT2D eigenvalue weighted by Gasteiger charge is -1.97. The predicted molar refractivity (Wildman–Crippen MR) is 74.5 cm³/mol. The topological polar surface area (TPSA) is 26.0 Å². The predicted octanol–water partition coefficient (Wildman–Crippen LogP) is 5.46. The highest BCUT2D eigenvalue weighted by Gasteiger charge is 2.10. The number of aromatic nitrogens is 1. The second-order valence-corrected chi connectivity index (χ2v) is 5.10. The van der Waals surface area contributed by atoms with Gasteiger partial charge in [0.1, 0.15) is 5.52 Å². The minimum atomic E-state index is 0.469. The highest BCUT2D eigenvalue weighted by molar-refractivity contribution is 6.35. The molecule has 0 unspecified atom stereocenters. The van der Waals surface area contributed by atoms with Crippen molar-refractivity contribution < 1.29 is 4.42 Å². The molecule has 3 aromatic rings. The average Bonchev–Trinajstić information content (AvgIpc) is 2.70. The van der Waals surface area contributed by atoms with Crippen molar-refractivity contribution in [1.82, 2.24) is 4.98 Å². The Morgan fingerprint density at radius 2 is 1.56 bits per heavy atom. The fraction of sp³-hybridized carbons (Fsp3) is 0. The SMILES string of the molecule is Clc1cc(Cl)cc(-c2nc3cc(Cl)ccc3o2)c1. The summed E-state index contributed by atoms with van der Waals surface area (Å²) in [5.74, 6) is 0.469. The Kier molecular flexibility index (Phi) is 2.94. The second-order valence-electron chi connectivity index (χ2n) is 3.79. The van der Waals surface area contributed by atoms with Crippen LogP contribution < -0.4 is 0 Å². The van der Waals surface area contributed by atoms with Gasteiger partial charge in [0.05, 0.1) is 0 Å². The lowest BCUT2D eigenvalue weighted by molar-refractivity contribution is 0.620. The van der Waals surface area contributed by atoms with Gasteiger partial charge in [0, 0.05) is 20.6 Å². The van der Waals surface area contributed by atoms with Crippen molar-refractivity contribution in [3.8, 4) is 11.5 Å². The summed E-state index contributed by atoms with van der Waals surface area (Å²) in [6.45, 7) is 0. The third-order valence-electron chi connectivity index (χ3n) is 2.46. The van der Waals surface area contributed by atoms with Crippen LogP contribution in [0.15, 0.2) is 40.8 Å². The highest BCUT2D eigenvalue weighted by Crippen LogP contribution is 2.30. The van der Waals surface area contributed by atoms with Gasteiger partial charge in [-0.25, -0.2) is 4.98 Å². The first-order chi connectivity index (χ1) is 8.61. The summed E-state index contributed by atoms with van der Waals surface area (Å²) in [5.41, 5.74) is 2.11. The van der Waals surface area contributed by atoms with E-state index in [-0.39, 0.29) is 0 Å². The number of hydrogen-bond donors (Lipinski definition) is 0. The van der Waals surface area contributed by atoms with Crippen molar-refractivity contribution >= 4 is 45.9 Å². The summed E-state index contributed by atoms with van der Waals surface area (Å²) in [7, 11) is 0. The second kappa shape index (κ2) is 4.47. The Morgan fingerprint density at radius 1 is 0.833 bits per heavy atom. The van der Waals surface area contributed by atoms with Crippen molar-refractivity contribution in [3.05, 3.63) is 51.5 Å². The van der Waals surface area contributed by atoms with Crippen LogP contribution in [0.3, 0.4) is 0 Å². The lowest BCUT2D eigenvalue weighted by atomic mass is 10.2. The highest BCUT2D eigenvalue weighted by atomic mass is 35.5. The summed E-state index contributed by atoms with van der Waals surface area (Å²) < 4.78 is 5.63. The number of oxazole rings is 1. The molecule has 0 amide bonds. The van der Waals surface area contributed by atoms with Crippen LogP contribution in [0.25, 0.3) is 22.6 Å². The summed E-state index contributed by atoms with van der Waals surface area (Å²) >= 11 is 17.8. The number of benzene rings is 2. The lowest BCUT2D eigenvalue weighted by Crippen LogP contribution is -1.77. The van der Waals surface area contributed by atoms with Crippen molar-refractivity contribution in [2.45, 2.75) is 0 Å². The smallest absolute Gasteiger partial charge is 0.227 e. The average molecular weight is 299 g/mol. The van der Waals surface area contributed by atoms with Gasteiger partial charge in [-0.3, -0.25) is 0 Å². The zero-order chi connectivity index (χ0) is 12.7. The number of rotatable bonds is 1. The van der Waals surface area contributed by atoms with Crippen molar-refractivity contribution in [3.63, 3.8) is 0 Å². The maximum atomic E-state index is 5.95. The first-order valence-electron chi connectivity index (χ1n) is 5.14. The van der Waals surface area contributed by atoms with Crippen molar-refractivity contribution in [2.75, 3.05) is 0 Å². The molecule has 1 aromatic heterocycles. The molecule has 0 aliphatic heterocycles. The van der Waals surface area contributed by atoms with Gasteiger partial charge in [-0.1, -0.05) is 34.8 Å². The molecule has 5 heteroatoms. The van der Waals surface area contributed by atoms with Crippen molar-refractivity contribution in [1.29, 1.82) is 0 Å². The Bertz CT molecular complexity index is 716. The molecule has 0 N–H and O–H groups in total. The summed E-state index contributed by atoms with van der Waals surface area (Å²) in [5, 5.41) is 1.70. The fourth-order valence-electron chi connectivity index (χ4n) is 1.70. The van der Waals surface area contributed by atoms with E-state index in [9.17, 15) is 0 Å². The van der Waals surface area contributed by atoms with Crippen LogP contribution in [0.5, 0.6) is 0 Å². The first-order valence-corrected chi connectivity index (χ1v) is 6.28. The largest absolute Gasteiger partial charge is 0.436 e. The molecule has 18 heavy (non-hydrogen) atoms. The van der Waals surface area contributed by atoms with Gasteiger partial charge in [-0.05, 0) is 36.4 Å². The molecule has 0 saturated heterocycles. The molecule has 1 heterocycles. The van der Waals surface area contributed by atoms with E-state index in [4.69, 9.17) is 39.2 Å². The Hall–Kier alpha value is -1.22. The minimum absolute atomic E-state index is 0.469. The van der Waals surface area contributed by atoms with Crippen LogP contribution in [0.4, 0.5) is 0 Å². The molecule has 0 fully saturated rings. The molecule has 0 aliphatic carbocycles. The maximum absolute atomic E-state index is 5.95. The molecule has 0 atom stereocenters. The Labute approximate surface area is 118 Å². The van der Waals surface area contributed by atoms with Gasteiger partial charge in [-0.2, -0.15) is 0 Å². The zero-order valence-corrected chi connectivity index (χ0v) is 11.2. The van der Waals surface area contributed by atoms with Crippen LogP contribution in [-0.2, 0) is 0 Å². The standard InChI is InChI=1S/C13H6Cl3NO/c14-8-1-2-12-11(6-8)17-13(18-12)7-3-9(15)5-10(16)4-7/h1-6H. The van der Waals surface area contributed by atoms with E-state index in [2.05, 4.69) is 4.98 Å². The zero-order valence-electron chi connectivity index (χ0n) is 8.95. The minimum Gasteiger partial charge on any atom is -0.436 e. The summed E-state index contributed by atoms with van der Waals surface area (Å²) in [4.78, 5) is 4.36. The third-order valence-corrected chi connectivity index (χ3v) is 3.13. The number of nitrogens with zero attached hydrogens (tertiary/aromatic N) is 1. The molecule has 2 aromatic carbocycles. The van der Waals surface area contributed by atoms with E-state index in [0.29, 0.717) is 32.1 Å². The van der Waals surface area contributed by atoms with E-state index in [0.717, 1.165) is 5.56 Å². The molecule has 0 bridgehead atoms. The van der Waals surface area contributed by atoms with Gasteiger partial charge < -0.3 is 4.42 Å². The summed E-state index contributed by atoms with van der Waals surface area (Å²) in [6.07, 6.45) is 0. The van der Waals surface area contributed by atoms with Crippen LogP contribution in [0.1, 0.15) is 0 Å². The molecular formula is C13H6Cl3NO. The Morgan fingerprint density at radius 3 is 2.28 bits per heavy atom. The molecule has 0 radical (unpaired) electrons. The molecular weight excluding hydrogens is 293 g/mol. The molecule has 3 rings (SSSR count). The van der Waals surface area contributed by atoms with Crippen LogP contribution >= 0.6 is 34.8 Å². The number of fused-ring (bicyclic) bond motifs is 1. The molecule has 2 nitrogen and oxygen atoms in total. The fourth-order valence-corrected chi connectivity index (χ4v) is 2.39. The maximum Gasteiger partial charge on any atom is 0.227 e. The van der Waals surface area contributed by atoms with Crippen molar-refractivity contribution in [2.24, 2.45) is 0 Å². The van der Waals surface area contributed by atoms with Crippen LogP contribution in [0.2, 0.25) is 15.1 Å². The molecule has 0 saturated carbocycles. The number of halogens is 3. The van der Waals surface area contributed by atoms with Gasteiger partial charge in [-0.15, -0.1) is 0 Å². The third kappa shape index (κ3) is 2.19. The van der Waals surface area contributed by atoms with E-state index in [1.54, 1.807) is 36.4 Å². The normalized spacial score (nSPS) is 11.1. The first kappa shape index (κ1) is 11.8. The van der Waals surface area contributed by atoms with Gasteiger partial charge in [0.15, 0.2) is 5.58 Å². The van der Waals surface area contributed by atoms with E-state index >= 15 is 0 Å². The quantitative estimate of drug-likeness (QED) is 0.596. The van der Waals surface area contributed by atoms with Crippen LogP contribution in [0, 0.1) is 0 Å².